The van der Waals surface area contributed by atoms with E-state index >= 15 is 0 Å². The van der Waals surface area contributed by atoms with Crippen LogP contribution in [-0.2, 0) is 0 Å². The Morgan fingerprint density at radius 1 is 1.24 bits per heavy atom. The molecule has 128 valence electrons. The summed E-state index contributed by atoms with van der Waals surface area (Å²) >= 11 is 1.57. The Bertz CT molecular complexity index is 861. The number of nitrogens with zero attached hydrogens (tertiary/aromatic N) is 3. The molecule has 0 unspecified atom stereocenters. The SMILES string of the molecule is O=C(c1ccc(F)cc1)N1CCC[C@H](c2nnc(-c3ccsc3)o2)C1. The van der Waals surface area contributed by atoms with Crippen molar-refractivity contribution in [3.63, 3.8) is 0 Å². The molecular weight excluding hydrogens is 341 g/mol. The summed E-state index contributed by atoms with van der Waals surface area (Å²) in [6.45, 7) is 1.21. The van der Waals surface area contributed by atoms with Gasteiger partial charge in [-0.05, 0) is 48.6 Å². The fourth-order valence-corrected chi connectivity index (χ4v) is 3.67. The highest BCUT2D eigenvalue weighted by Gasteiger charge is 2.29. The first-order valence-electron chi connectivity index (χ1n) is 8.11. The number of benzene rings is 1. The summed E-state index contributed by atoms with van der Waals surface area (Å²) in [5.41, 5.74) is 1.41. The maximum absolute atomic E-state index is 13.0. The Balaban J connectivity index is 1.49. The van der Waals surface area contributed by atoms with Crippen LogP contribution in [0, 0.1) is 5.82 Å². The van der Waals surface area contributed by atoms with Gasteiger partial charge in [0.15, 0.2) is 0 Å². The highest BCUT2D eigenvalue weighted by molar-refractivity contribution is 7.08. The Hall–Kier alpha value is -2.54. The summed E-state index contributed by atoms with van der Waals surface area (Å²) in [5, 5.41) is 12.2. The van der Waals surface area contributed by atoms with E-state index in [0.717, 1.165) is 18.4 Å². The summed E-state index contributed by atoms with van der Waals surface area (Å²) in [6, 6.07) is 7.58. The van der Waals surface area contributed by atoms with Crippen molar-refractivity contribution >= 4 is 17.2 Å². The Kier molecular flexibility index (Phi) is 4.31. The van der Waals surface area contributed by atoms with E-state index in [1.807, 2.05) is 16.8 Å². The second-order valence-electron chi connectivity index (χ2n) is 6.05. The monoisotopic (exact) mass is 357 g/mol. The van der Waals surface area contributed by atoms with E-state index in [9.17, 15) is 9.18 Å². The zero-order valence-electron chi connectivity index (χ0n) is 13.4. The van der Waals surface area contributed by atoms with E-state index in [-0.39, 0.29) is 17.6 Å². The van der Waals surface area contributed by atoms with Crippen molar-refractivity contribution in [1.82, 2.24) is 15.1 Å². The third-order valence-corrected chi connectivity index (χ3v) is 5.04. The average molecular weight is 357 g/mol. The fourth-order valence-electron chi connectivity index (χ4n) is 3.04. The fraction of sp³-hybridized carbons (Fsp3) is 0.278. The lowest BCUT2D eigenvalue weighted by Gasteiger charge is -2.31. The topological polar surface area (TPSA) is 59.2 Å². The van der Waals surface area contributed by atoms with Crippen molar-refractivity contribution in [3.05, 3.63) is 58.4 Å². The minimum Gasteiger partial charge on any atom is -0.420 e. The number of likely N-dealkylation sites (tertiary alicyclic amines) is 1. The normalized spacial score (nSPS) is 17.6. The van der Waals surface area contributed by atoms with Crippen LogP contribution in [0.25, 0.3) is 11.5 Å². The second-order valence-corrected chi connectivity index (χ2v) is 6.83. The van der Waals surface area contributed by atoms with Crippen LogP contribution in [0.1, 0.15) is 35.0 Å². The van der Waals surface area contributed by atoms with E-state index in [2.05, 4.69) is 10.2 Å². The van der Waals surface area contributed by atoms with Crippen molar-refractivity contribution in [3.8, 4) is 11.5 Å². The minimum absolute atomic E-state index is 0.0260. The smallest absolute Gasteiger partial charge is 0.253 e. The molecule has 7 heteroatoms. The number of thiophene rings is 1. The number of amides is 1. The van der Waals surface area contributed by atoms with Gasteiger partial charge < -0.3 is 9.32 Å². The molecule has 1 amide bonds. The molecule has 1 aliphatic rings. The van der Waals surface area contributed by atoms with Gasteiger partial charge in [-0.1, -0.05) is 0 Å². The summed E-state index contributed by atoms with van der Waals surface area (Å²) in [6.07, 6.45) is 1.77. The van der Waals surface area contributed by atoms with Crippen molar-refractivity contribution < 1.29 is 13.6 Å². The van der Waals surface area contributed by atoms with Gasteiger partial charge in [-0.25, -0.2) is 4.39 Å². The maximum Gasteiger partial charge on any atom is 0.253 e. The zero-order valence-corrected chi connectivity index (χ0v) is 14.2. The van der Waals surface area contributed by atoms with Crippen LogP contribution in [0.3, 0.4) is 0 Å². The number of carbonyl (C=O) groups is 1. The molecule has 1 atom stereocenters. The maximum atomic E-state index is 13.0. The molecule has 0 aliphatic carbocycles. The quantitative estimate of drug-likeness (QED) is 0.712. The van der Waals surface area contributed by atoms with Gasteiger partial charge in [0.1, 0.15) is 5.82 Å². The van der Waals surface area contributed by atoms with Gasteiger partial charge in [0.2, 0.25) is 11.8 Å². The molecule has 5 nitrogen and oxygen atoms in total. The summed E-state index contributed by atoms with van der Waals surface area (Å²) in [5.74, 6) is 0.663. The lowest BCUT2D eigenvalue weighted by Crippen LogP contribution is -2.39. The van der Waals surface area contributed by atoms with Crippen molar-refractivity contribution in [1.29, 1.82) is 0 Å². The molecule has 0 N–H and O–H groups in total. The van der Waals surface area contributed by atoms with Gasteiger partial charge >= 0.3 is 0 Å². The summed E-state index contributed by atoms with van der Waals surface area (Å²) in [4.78, 5) is 14.4. The molecule has 0 saturated carbocycles. The molecule has 1 aromatic carbocycles. The predicted octanol–water partition coefficient (Wildman–Crippen LogP) is 3.96. The second kappa shape index (κ2) is 6.76. The molecule has 25 heavy (non-hydrogen) atoms. The Morgan fingerprint density at radius 3 is 2.84 bits per heavy atom. The number of carbonyl (C=O) groups excluding carboxylic acids is 1. The molecule has 2 aromatic heterocycles. The lowest BCUT2D eigenvalue weighted by molar-refractivity contribution is 0.0698. The lowest BCUT2D eigenvalue weighted by atomic mass is 9.97. The number of halogens is 1. The van der Waals surface area contributed by atoms with Crippen LogP contribution in [0.5, 0.6) is 0 Å². The molecule has 0 radical (unpaired) electrons. The van der Waals surface area contributed by atoms with Gasteiger partial charge in [-0.3, -0.25) is 4.79 Å². The van der Waals surface area contributed by atoms with Crippen molar-refractivity contribution in [2.75, 3.05) is 13.1 Å². The van der Waals surface area contributed by atoms with E-state index in [1.165, 1.54) is 24.3 Å². The van der Waals surface area contributed by atoms with Gasteiger partial charge in [-0.2, -0.15) is 11.3 Å². The van der Waals surface area contributed by atoms with E-state index < -0.39 is 0 Å². The molecule has 1 fully saturated rings. The van der Waals surface area contributed by atoms with E-state index in [1.54, 1.807) is 16.2 Å². The Labute approximate surface area is 148 Å². The first-order valence-corrected chi connectivity index (χ1v) is 9.06. The van der Waals surface area contributed by atoms with Gasteiger partial charge in [-0.15, -0.1) is 10.2 Å². The largest absolute Gasteiger partial charge is 0.420 e. The first-order chi connectivity index (χ1) is 12.2. The number of rotatable bonds is 3. The number of hydrogen-bond donors (Lipinski definition) is 0. The molecular formula is C18H16FN3O2S. The highest BCUT2D eigenvalue weighted by atomic mass is 32.1. The molecule has 4 rings (SSSR count). The van der Waals surface area contributed by atoms with Crippen LogP contribution in [0.15, 0.2) is 45.5 Å². The standard InChI is InChI=1S/C18H16FN3O2S/c19-15-5-3-12(4-6-15)18(23)22-8-1-2-13(10-22)16-20-21-17(24-16)14-7-9-25-11-14/h3-7,9,11,13H,1-2,8,10H2/t13-/m0/s1. The Morgan fingerprint density at radius 2 is 2.08 bits per heavy atom. The molecule has 1 aliphatic heterocycles. The van der Waals surface area contributed by atoms with Crippen LogP contribution in [-0.4, -0.2) is 34.1 Å². The van der Waals surface area contributed by atoms with Gasteiger partial charge in [0.25, 0.3) is 5.91 Å². The third kappa shape index (κ3) is 3.32. The van der Waals surface area contributed by atoms with E-state index in [0.29, 0.717) is 30.4 Å². The molecule has 1 saturated heterocycles. The predicted molar refractivity (Wildman–Crippen MR) is 91.9 cm³/mol. The first kappa shape index (κ1) is 16.0. The number of aromatic nitrogens is 2. The molecule has 0 bridgehead atoms. The van der Waals surface area contributed by atoms with Crippen LogP contribution in [0.2, 0.25) is 0 Å². The van der Waals surface area contributed by atoms with Crippen LogP contribution < -0.4 is 0 Å². The van der Waals surface area contributed by atoms with E-state index in [4.69, 9.17) is 4.42 Å². The minimum atomic E-state index is -0.347. The number of piperidine rings is 1. The van der Waals surface area contributed by atoms with Crippen LogP contribution >= 0.6 is 11.3 Å². The molecule has 3 aromatic rings. The summed E-state index contributed by atoms with van der Waals surface area (Å²) < 4.78 is 18.9. The average Bonchev–Trinajstić information content (AvgIpc) is 3.33. The molecule has 0 spiro atoms. The van der Waals surface area contributed by atoms with Gasteiger partial charge in [0, 0.05) is 29.6 Å². The van der Waals surface area contributed by atoms with Crippen molar-refractivity contribution in [2.24, 2.45) is 0 Å². The highest BCUT2D eigenvalue weighted by Crippen LogP contribution is 2.29. The van der Waals surface area contributed by atoms with Crippen molar-refractivity contribution in [2.45, 2.75) is 18.8 Å². The van der Waals surface area contributed by atoms with Crippen LogP contribution in [0.4, 0.5) is 4.39 Å². The number of hydrogen-bond acceptors (Lipinski definition) is 5. The summed E-state index contributed by atoms with van der Waals surface area (Å²) in [7, 11) is 0. The third-order valence-electron chi connectivity index (χ3n) is 4.36. The van der Waals surface area contributed by atoms with Gasteiger partial charge in [0.05, 0.1) is 5.92 Å². The molecule has 3 heterocycles. The zero-order chi connectivity index (χ0) is 17.2.